The normalized spacial score (nSPS) is 37.3. The monoisotopic (exact) mass is 326 g/mol. The third-order valence-corrected chi connectivity index (χ3v) is 6.86. The van der Waals surface area contributed by atoms with Crippen molar-refractivity contribution >= 4 is 10.9 Å². The van der Waals surface area contributed by atoms with E-state index in [1.54, 1.807) is 7.11 Å². The van der Waals surface area contributed by atoms with Gasteiger partial charge in [0.05, 0.1) is 7.11 Å². The standard InChI is InChI=1S/C20H26N2O2/c1-3-11-8-12-9-16-18-14(6-7-22(19(11)16)20(12)23)15-10-13(24-2)4-5-17(15)21-18/h4-5,10-12,16,19-21,23H,3,6-9H2,1-2H3/t11-,12?,16-,19-,20+/m0/s1. The van der Waals surface area contributed by atoms with E-state index in [4.69, 9.17) is 4.74 Å². The molecule has 4 bridgehead atoms. The van der Waals surface area contributed by atoms with Gasteiger partial charge in [0.15, 0.2) is 0 Å². The summed E-state index contributed by atoms with van der Waals surface area (Å²) in [5.41, 5.74) is 4.11. The highest BCUT2D eigenvalue weighted by molar-refractivity contribution is 5.86. The van der Waals surface area contributed by atoms with Crippen molar-refractivity contribution < 1.29 is 9.84 Å². The lowest BCUT2D eigenvalue weighted by Gasteiger charge is -2.55. The largest absolute Gasteiger partial charge is 0.497 e. The predicted molar refractivity (Wildman–Crippen MR) is 94.3 cm³/mol. The Labute approximate surface area is 142 Å². The first-order valence-electron chi connectivity index (χ1n) is 9.33. The molecule has 2 aromatic rings. The maximum atomic E-state index is 10.8. The Bertz CT molecular complexity index is 783. The summed E-state index contributed by atoms with van der Waals surface area (Å²) in [6, 6.07) is 6.84. The van der Waals surface area contributed by atoms with Crippen molar-refractivity contribution in [2.45, 2.75) is 50.8 Å². The van der Waals surface area contributed by atoms with Crippen LogP contribution in [-0.4, -0.2) is 40.9 Å². The fourth-order valence-corrected chi connectivity index (χ4v) is 5.79. The SMILES string of the molecule is CC[C@H]1CC2C[C@H]3c4[nH]c5ccc(OC)cc5c4CCN([C@@H]13)[C@@H]2O. The molecular weight excluding hydrogens is 300 g/mol. The van der Waals surface area contributed by atoms with Gasteiger partial charge in [-0.05, 0) is 54.9 Å². The van der Waals surface area contributed by atoms with E-state index in [1.807, 2.05) is 6.07 Å². The summed E-state index contributed by atoms with van der Waals surface area (Å²) in [5, 5.41) is 12.1. The van der Waals surface area contributed by atoms with E-state index in [2.05, 4.69) is 28.9 Å². The number of hydrogen-bond donors (Lipinski definition) is 2. The number of nitrogens with one attached hydrogen (secondary N) is 1. The fourth-order valence-electron chi connectivity index (χ4n) is 5.79. The van der Waals surface area contributed by atoms with Gasteiger partial charge in [0.2, 0.25) is 0 Å². The van der Waals surface area contributed by atoms with Crippen molar-refractivity contribution in [2.75, 3.05) is 13.7 Å². The maximum Gasteiger partial charge on any atom is 0.119 e. The first-order valence-corrected chi connectivity index (χ1v) is 9.33. The van der Waals surface area contributed by atoms with Crippen LogP contribution >= 0.6 is 0 Å². The number of rotatable bonds is 2. The van der Waals surface area contributed by atoms with E-state index in [9.17, 15) is 5.11 Å². The molecule has 6 rings (SSSR count). The molecule has 6 atom stereocenters. The summed E-state index contributed by atoms with van der Waals surface area (Å²) in [7, 11) is 1.73. The van der Waals surface area contributed by atoms with Crippen LogP contribution in [0.1, 0.15) is 43.4 Å². The fraction of sp³-hybridized carbons (Fsp3) is 0.600. The first kappa shape index (κ1) is 14.8. The molecule has 4 aliphatic rings. The molecule has 3 aliphatic heterocycles. The minimum absolute atomic E-state index is 0.237. The summed E-state index contributed by atoms with van der Waals surface area (Å²) >= 11 is 0. The second-order valence-electron chi connectivity index (χ2n) is 7.83. The van der Waals surface area contributed by atoms with Crippen LogP contribution in [0.2, 0.25) is 0 Å². The summed E-state index contributed by atoms with van der Waals surface area (Å²) in [6.45, 7) is 3.27. The minimum atomic E-state index is -0.237. The number of piperidine rings is 2. The molecule has 2 saturated heterocycles. The van der Waals surface area contributed by atoms with Crippen molar-refractivity contribution in [3.63, 3.8) is 0 Å². The lowest BCUT2D eigenvalue weighted by molar-refractivity contribution is -0.156. The van der Waals surface area contributed by atoms with E-state index < -0.39 is 0 Å². The van der Waals surface area contributed by atoms with Gasteiger partial charge in [-0.1, -0.05) is 13.3 Å². The molecule has 0 radical (unpaired) electrons. The molecule has 1 aromatic heterocycles. The van der Waals surface area contributed by atoms with Crippen molar-refractivity contribution in [1.82, 2.24) is 9.88 Å². The predicted octanol–water partition coefficient (Wildman–Crippen LogP) is 3.26. The number of aromatic amines is 1. The molecule has 0 spiro atoms. The Morgan fingerprint density at radius 3 is 3.00 bits per heavy atom. The average Bonchev–Trinajstić information content (AvgIpc) is 2.91. The van der Waals surface area contributed by atoms with Crippen LogP contribution in [0.4, 0.5) is 0 Å². The molecule has 4 heteroatoms. The van der Waals surface area contributed by atoms with Gasteiger partial charge < -0.3 is 14.8 Å². The molecule has 128 valence electrons. The molecule has 3 fully saturated rings. The van der Waals surface area contributed by atoms with Crippen LogP contribution in [0.25, 0.3) is 10.9 Å². The van der Waals surface area contributed by atoms with Gasteiger partial charge in [0, 0.05) is 35.1 Å². The zero-order valence-electron chi connectivity index (χ0n) is 14.5. The molecule has 1 aliphatic carbocycles. The lowest BCUT2D eigenvalue weighted by Crippen LogP contribution is -2.61. The second-order valence-corrected chi connectivity index (χ2v) is 7.83. The van der Waals surface area contributed by atoms with Gasteiger partial charge in [0.1, 0.15) is 12.0 Å². The molecular formula is C20H26N2O2. The zero-order chi connectivity index (χ0) is 16.4. The van der Waals surface area contributed by atoms with Crippen LogP contribution < -0.4 is 4.74 Å². The van der Waals surface area contributed by atoms with Crippen molar-refractivity contribution in [3.05, 3.63) is 29.5 Å². The molecule has 0 amide bonds. The van der Waals surface area contributed by atoms with Gasteiger partial charge in [-0.2, -0.15) is 0 Å². The van der Waals surface area contributed by atoms with E-state index in [0.717, 1.165) is 25.1 Å². The summed E-state index contributed by atoms with van der Waals surface area (Å²) in [5.74, 6) is 2.60. The molecule has 2 unspecified atom stereocenters. The maximum absolute atomic E-state index is 10.8. The van der Waals surface area contributed by atoms with E-state index in [1.165, 1.54) is 35.0 Å². The van der Waals surface area contributed by atoms with Crippen LogP contribution in [-0.2, 0) is 6.42 Å². The summed E-state index contributed by atoms with van der Waals surface area (Å²) in [6.07, 6.45) is 4.30. The highest BCUT2D eigenvalue weighted by atomic mass is 16.5. The quantitative estimate of drug-likeness (QED) is 0.890. The van der Waals surface area contributed by atoms with Crippen LogP contribution in [0, 0.1) is 11.8 Å². The van der Waals surface area contributed by atoms with Crippen LogP contribution in [0.5, 0.6) is 5.75 Å². The number of aliphatic hydroxyl groups excluding tert-OH is 1. The number of nitrogens with zero attached hydrogens (tertiary/aromatic N) is 1. The van der Waals surface area contributed by atoms with Gasteiger partial charge in [-0.15, -0.1) is 0 Å². The van der Waals surface area contributed by atoms with Gasteiger partial charge >= 0.3 is 0 Å². The first-order chi connectivity index (χ1) is 11.7. The molecule has 24 heavy (non-hydrogen) atoms. The second kappa shape index (κ2) is 5.24. The third-order valence-electron chi connectivity index (χ3n) is 6.86. The summed E-state index contributed by atoms with van der Waals surface area (Å²) < 4.78 is 5.44. The van der Waals surface area contributed by atoms with Gasteiger partial charge in [0.25, 0.3) is 0 Å². The number of methoxy groups -OCH3 is 1. The Balaban J connectivity index is 1.67. The van der Waals surface area contributed by atoms with Crippen molar-refractivity contribution in [1.29, 1.82) is 0 Å². The molecule has 1 aromatic carbocycles. The zero-order valence-corrected chi connectivity index (χ0v) is 14.5. The highest BCUT2D eigenvalue weighted by Crippen LogP contribution is 2.53. The number of benzene rings is 1. The summed E-state index contributed by atoms with van der Waals surface area (Å²) in [4.78, 5) is 6.16. The van der Waals surface area contributed by atoms with E-state index >= 15 is 0 Å². The lowest BCUT2D eigenvalue weighted by atomic mass is 9.64. The van der Waals surface area contributed by atoms with Crippen molar-refractivity contribution in [3.8, 4) is 5.75 Å². The van der Waals surface area contributed by atoms with Gasteiger partial charge in [-0.3, -0.25) is 4.90 Å². The number of fused-ring (bicyclic) bond motifs is 4. The topological polar surface area (TPSA) is 48.5 Å². The highest BCUT2D eigenvalue weighted by Gasteiger charge is 2.52. The third kappa shape index (κ3) is 1.87. The Morgan fingerprint density at radius 1 is 1.33 bits per heavy atom. The average molecular weight is 326 g/mol. The number of hydrogen-bond acceptors (Lipinski definition) is 3. The van der Waals surface area contributed by atoms with E-state index in [0.29, 0.717) is 23.8 Å². The van der Waals surface area contributed by atoms with Gasteiger partial charge in [-0.25, -0.2) is 0 Å². The number of aromatic nitrogens is 1. The van der Waals surface area contributed by atoms with Crippen LogP contribution in [0.3, 0.4) is 0 Å². The molecule has 1 saturated carbocycles. The minimum Gasteiger partial charge on any atom is -0.497 e. The molecule has 4 heterocycles. The number of ether oxygens (including phenoxy) is 1. The van der Waals surface area contributed by atoms with Crippen LogP contribution in [0.15, 0.2) is 18.2 Å². The Morgan fingerprint density at radius 2 is 2.21 bits per heavy atom. The Hall–Kier alpha value is -1.52. The van der Waals surface area contributed by atoms with Crippen molar-refractivity contribution in [2.24, 2.45) is 11.8 Å². The number of aliphatic hydroxyl groups is 1. The smallest absolute Gasteiger partial charge is 0.119 e. The Kier molecular flexibility index (Phi) is 3.23. The number of H-pyrrole nitrogens is 1. The molecule has 2 N–H and O–H groups in total. The van der Waals surface area contributed by atoms with E-state index in [-0.39, 0.29) is 6.23 Å². The molecule has 4 nitrogen and oxygen atoms in total.